The molecule has 3 N–H and O–H groups in total. The number of carbonyl (C=O) groups is 1. The molecule has 0 saturated carbocycles. The Balaban J connectivity index is 1.73. The minimum absolute atomic E-state index is 0.123. The van der Waals surface area contributed by atoms with E-state index in [1.807, 2.05) is 43.3 Å². The second-order valence-corrected chi connectivity index (χ2v) is 7.85. The highest BCUT2D eigenvalue weighted by molar-refractivity contribution is 8.02. The number of fused-ring (bicyclic) bond motifs is 1. The average Bonchev–Trinajstić information content (AvgIpc) is 2.98. The molecule has 26 heavy (non-hydrogen) atoms. The van der Waals surface area contributed by atoms with Gasteiger partial charge in [-0.3, -0.25) is 9.59 Å². The molecule has 8 heteroatoms. The molecular weight excluding hydrogens is 370 g/mol. The second-order valence-electron chi connectivity index (χ2n) is 5.59. The first-order chi connectivity index (χ1) is 12.5. The predicted molar refractivity (Wildman–Crippen MR) is 103 cm³/mol. The molecule has 2 heterocycles. The first-order valence-electron chi connectivity index (χ1n) is 7.75. The quantitative estimate of drug-likeness (QED) is 0.585. The first-order valence-corrected chi connectivity index (χ1v) is 9.55. The van der Waals surface area contributed by atoms with Crippen LogP contribution in [0.3, 0.4) is 0 Å². The van der Waals surface area contributed by atoms with Crippen molar-refractivity contribution in [2.45, 2.75) is 17.2 Å². The number of thioether (sulfide) groups is 1. The Hall–Kier alpha value is -2.76. The average molecular weight is 385 g/mol. The number of carbonyl (C=O) groups excluding carboxylic acids is 1. The van der Waals surface area contributed by atoms with E-state index in [9.17, 15) is 20.0 Å². The Morgan fingerprint density at radius 1 is 1.42 bits per heavy atom. The number of aromatic amines is 1. The predicted octanol–water partition coefficient (Wildman–Crippen LogP) is 3.14. The van der Waals surface area contributed by atoms with Crippen LogP contribution in [0.5, 0.6) is 5.75 Å². The van der Waals surface area contributed by atoms with E-state index < -0.39 is 5.56 Å². The maximum absolute atomic E-state index is 12.2. The number of aromatic nitrogens is 1. The van der Waals surface area contributed by atoms with E-state index in [2.05, 4.69) is 10.3 Å². The summed E-state index contributed by atoms with van der Waals surface area (Å²) in [6, 6.07) is 12.6. The van der Waals surface area contributed by atoms with E-state index in [0.29, 0.717) is 14.4 Å². The Kier molecular flexibility index (Phi) is 5.30. The summed E-state index contributed by atoms with van der Waals surface area (Å²) in [5.41, 5.74) is 1.11. The number of nitrogens with one attached hydrogen (secondary N) is 2. The van der Waals surface area contributed by atoms with Crippen LogP contribution in [0.2, 0.25) is 0 Å². The number of aromatic hydroxyl groups is 1. The summed E-state index contributed by atoms with van der Waals surface area (Å²) in [6.45, 7) is 1.90. The number of nitrogens with zero attached hydrogens (tertiary/aromatic N) is 1. The molecule has 2 aromatic heterocycles. The molecule has 3 aromatic rings. The largest absolute Gasteiger partial charge is 0.506 e. The number of thiophene rings is 1. The highest BCUT2D eigenvalue weighted by atomic mass is 32.2. The lowest BCUT2D eigenvalue weighted by molar-refractivity contribution is -0.119. The number of hydrogen-bond acceptors (Lipinski definition) is 6. The van der Waals surface area contributed by atoms with Crippen molar-refractivity contribution in [3.05, 3.63) is 57.9 Å². The van der Waals surface area contributed by atoms with Gasteiger partial charge in [0, 0.05) is 6.07 Å². The lowest BCUT2D eigenvalue weighted by Gasteiger charge is -2.13. The zero-order valence-corrected chi connectivity index (χ0v) is 15.4. The Labute approximate surface area is 157 Å². The van der Waals surface area contributed by atoms with E-state index in [0.717, 1.165) is 11.6 Å². The summed E-state index contributed by atoms with van der Waals surface area (Å²) in [4.78, 5) is 26.3. The van der Waals surface area contributed by atoms with Gasteiger partial charge in [0.2, 0.25) is 5.91 Å². The van der Waals surface area contributed by atoms with Crippen molar-refractivity contribution in [2.75, 3.05) is 5.75 Å². The molecule has 0 bridgehead atoms. The van der Waals surface area contributed by atoms with Crippen LogP contribution in [0.1, 0.15) is 24.1 Å². The van der Waals surface area contributed by atoms with Gasteiger partial charge in [-0.2, -0.15) is 5.26 Å². The summed E-state index contributed by atoms with van der Waals surface area (Å²) < 4.78 is 1.02. The zero-order valence-electron chi connectivity index (χ0n) is 13.8. The van der Waals surface area contributed by atoms with Gasteiger partial charge in [0.25, 0.3) is 5.56 Å². The number of nitriles is 1. The number of amides is 1. The van der Waals surface area contributed by atoms with Crippen molar-refractivity contribution in [1.29, 1.82) is 5.26 Å². The number of hydrogen-bond donors (Lipinski definition) is 3. The molecule has 1 atom stereocenters. The van der Waals surface area contributed by atoms with Gasteiger partial charge in [-0.1, -0.05) is 30.3 Å². The van der Waals surface area contributed by atoms with Crippen LogP contribution < -0.4 is 10.9 Å². The van der Waals surface area contributed by atoms with Crippen LogP contribution in [0.25, 0.3) is 10.2 Å². The van der Waals surface area contributed by atoms with Crippen molar-refractivity contribution in [2.24, 2.45) is 0 Å². The molecule has 132 valence electrons. The number of pyridine rings is 1. The number of benzene rings is 1. The molecule has 0 aliphatic rings. The van der Waals surface area contributed by atoms with Crippen LogP contribution in [0, 0.1) is 11.3 Å². The van der Waals surface area contributed by atoms with Gasteiger partial charge in [0.15, 0.2) is 0 Å². The summed E-state index contributed by atoms with van der Waals surface area (Å²) in [7, 11) is 0. The lowest BCUT2D eigenvalue weighted by atomic mass is 10.1. The molecule has 0 fully saturated rings. The maximum atomic E-state index is 12.2. The van der Waals surface area contributed by atoms with Gasteiger partial charge < -0.3 is 15.4 Å². The molecule has 3 rings (SSSR count). The summed E-state index contributed by atoms with van der Waals surface area (Å²) in [5, 5.41) is 22.2. The van der Waals surface area contributed by atoms with Gasteiger partial charge in [0.05, 0.1) is 26.2 Å². The SMILES string of the molecule is C[C@@H](NC(=O)CSc1sc2c(O)cc(=O)[nH]c2c1C#N)c1ccccc1. The molecule has 0 unspecified atom stereocenters. The highest BCUT2D eigenvalue weighted by Gasteiger charge is 2.18. The molecular formula is C18H15N3O3S2. The molecule has 1 aromatic carbocycles. The maximum Gasteiger partial charge on any atom is 0.252 e. The Bertz CT molecular complexity index is 1050. The van der Waals surface area contributed by atoms with E-state index in [-0.39, 0.29) is 29.0 Å². The van der Waals surface area contributed by atoms with Crippen LogP contribution in [0.15, 0.2) is 45.4 Å². The van der Waals surface area contributed by atoms with Gasteiger partial charge >= 0.3 is 0 Å². The third-order valence-electron chi connectivity index (χ3n) is 3.75. The first kappa shape index (κ1) is 18.0. The van der Waals surface area contributed by atoms with E-state index >= 15 is 0 Å². The smallest absolute Gasteiger partial charge is 0.252 e. The lowest BCUT2D eigenvalue weighted by Crippen LogP contribution is -2.28. The molecule has 6 nitrogen and oxygen atoms in total. The number of H-pyrrole nitrogens is 1. The summed E-state index contributed by atoms with van der Waals surface area (Å²) in [6.07, 6.45) is 0. The normalized spacial score (nSPS) is 11.8. The molecule has 0 aliphatic carbocycles. The highest BCUT2D eigenvalue weighted by Crippen LogP contribution is 2.39. The zero-order chi connectivity index (χ0) is 18.7. The molecule has 0 spiro atoms. The monoisotopic (exact) mass is 385 g/mol. The minimum atomic E-state index is -0.477. The van der Waals surface area contributed by atoms with Crippen LogP contribution in [-0.4, -0.2) is 21.8 Å². The van der Waals surface area contributed by atoms with Crippen LogP contribution in [0.4, 0.5) is 0 Å². The van der Waals surface area contributed by atoms with Crippen molar-refractivity contribution in [3.63, 3.8) is 0 Å². The van der Waals surface area contributed by atoms with Gasteiger partial charge in [0.1, 0.15) is 17.4 Å². The molecule has 0 aliphatic heterocycles. The number of rotatable bonds is 5. The third kappa shape index (κ3) is 3.74. The Morgan fingerprint density at radius 2 is 2.15 bits per heavy atom. The third-order valence-corrected chi connectivity index (χ3v) is 6.23. The van der Waals surface area contributed by atoms with E-state index in [4.69, 9.17) is 0 Å². The fourth-order valence-corrected chi connectivity index (χ4v) is 4.66. The van der Waals surface area contributed by atoms with Crippen molar-refractivity contribution >= 4 is 39.2 Å². The van der Waals surface area contributed by atoms with Gasteiger partial charge in [-0.25, -0.2) is 0 Å². The topological polar surface area (TPSA) is 106 Å². The van der Waals surface area contributed by atoms with Crippen LogP contribution in [-0.2, 0) is 4.79 Å². The Morgan fingerprint density at radius 3 is 2.85 bits per heavy atom. The second kappa shape index (κ2) is 7.64. The van der Waals surface area contributed by atoms with Crippen LogP contribution >= 0.6 is 23.1 Å². The van der Waals surface area contributed by atoms with E-state index in [1.165, 1.54) is 23.1 Å². The van der Waals surface area contributed by atoms with E-state index in [1.54, 1.807) is 0 Å². The molecule has 0 saturated heterocycles. The molecule has 1 amide bonds. The van der Waals surface area contributed by atoms with Crippen molar-refractivity contribution in [3.8, 4) is 11.8 Å². The fourth-order valence-electron chi connectivity index (χ4n) is 2.50. The minimum Gasteiger partial charge on any atom is -0.506 e. The standard InChI is InChI=1S/C18H15N3O3S2/c1-10(11-5-3-2-4-6-11)20-15(24)9-25-18-12(8-19)16-17(26-18)13(22)7-14(23)21-16/h2-7,10H,9H2,1H3,(H,20,24)(H2,21,22,23)/t10-/m1/s1. The van der Waals surface area contributed by atoms with Crippen molar-refractivity contribution < 1.29 is 9.90 Å². The fraction of sp³-hybridized carbons (Fsp3) is 0.167. The molecule has 0 radical (unpaired) electrons. The summed E-state index contributed by atoms with van der Waals surface area (Å²) in [5.74, 6) is -0.200. The van der Waals surface area contributed by atoms with Gasteiger partial charge in [-0.05, 0) is 12.5 Å². The summed E-state index contributed by atoms with van der Waals surface area (Å²) >= 11 is 2.39. The van der Waals surface area contributed by atoms with Crippen molar-refractivity contribution in [1.82, 2.24) is 10.3 Å². The van der Waals surface area contributed by atoms with Gasteiger partial charge in [-0.15, -0.1) is 23.1 Å².